The molecule has 1 aliphatic rings. The maximum atomic E-state index is 14.2. The molecule has 1 heterocycles. The third-order valence-electron chi connectivity index (χ3n) is 9.86. The molecule has 0 spiro atoms. The van der Waals surface area contributed by atoms with Gasteiger partial charge in [-0.05, 0) is 126 Å². The molecule has 2 aromatic carbocycles. The van der Waals surface area contributed by atoms with Crippen molar-refractivity contribution in [2.24, 2.45) is 11.3 Å². The number of benzene rings is 2. The highest BCUT2D eigenvalue weighted by molar-refractivity contribution is 6.03. The van der Waals surface area contributed by atoms with E-state index in [1.54, 1.807) is 26.0 Å². The summed E-state index contributed by atoms with van der Waals surface area (Å²) in [5, 5.41) is 0. The molecule has 1 aliphatic carbocycles. The predicted octanol–water partition coefficient (Wildman–Crippen LogP) is 10.0. The molecule has 4 rings (SSSR count). The Kier molecular flexibility index (Phi) is 10.6. The number of nitrogens with zero attached hydrogens (tertiary/aromatic N) is 2. The van der Waals surface area contributed by atoms with Crippen LogP contribution in [0.15, 0.2) is 48.7 Å². The maximum absolute atomic E-state index is 14.2. The van der Waals surface area contributed by atoms with E-state index in [4.69, 9.17) is 4.74 Å². The summed E-state index contributed by atoms with van der Waals surface area (Å²) in [6.45, 7) is 10.1. The first-order valence-electron chi connectivity index (χ1n) is 16.1. The number of alkyl halides is 6. The number of hydrogen-bond acceptors (Lipinski definition) is 4. The zero-order valence-corrected chi connectivity index (χ0v) is 28.6. The Bertz CT molecular complexity index is 1670. The highest BCUT2D eigenvalue weighted by Crippen LogP contribution is 2.46. The van der Waals surface area contributed by atoms with Crippen LogP contribution in [0.3, 0.4) is 0 Å². The molecular weight excluding hydrogens is 653 g/mol. The van der Waals surface area contributed by atoms with Gasteiger partial charge in [0.1, 0.15) is 5.82 Å². The molecule has 0 aliphatic heterocycles. The highest BCUT2D eigenvalue weighted by atomic mass is 19.4. The van der Waals surface area contributed by atoms with Gasteiger partial charge < -0.3 is 9.64 Å². The second kappa shape index (κ2) is 13.7. The summed E-state index contributed by atoms with van der Waals surface area (Å²) in [6, 6.07) is 7.10. The molecule has 3 aromatic rings. The van der Waals surface area contributed by atoms with Crippen LogP contribution in [0.2, 0.25) is 0 Å². The average molecular weight is 695 g/mol. The fourth-order valence-corrected chi connectivity index (χ4v) is 6.66. The minimum absolute atomic E-state index is 0.00569. The maximum Gasteiger partial charge on any atom is 0.416 e. The zero-order chi connectivity index (χ0) is 36.7. The topological polar surface area (TPSA) is 59.5 Å². The normalized spacial score (nSPS) is 17.5. The van der Waals surface area contributed by atoms with Crippen LogP contribution in [0.4, 0.5) is 36.4 Å². The van der Waals surface area contributed by atoms with Crippen LogP contribution in [-0.4, -0.2) is 30.5 Å². The van der Waals surface area contributed by atoms with Gasteiger partial charge in [-0.2, -0.15) is 26.3 Å². The van der Waals surface area contributed by atoms with Gasteiger partial charge in [0, 0.05) is 24.2 Å². The molecular formula is C37H41F7N2O3. The lowest BCUT2D eigenvalue weighted by molar-refractivity contribution is -0.157. The minimum atomic E-state index is -5.08. The van der Waals surface area contributed by atoms with Crippen LogP contribution >= 0.6 is 0 Å². The molecule has 0 radical (unpaired) electrons. The number of aryl methyl sites for hydroxylation is 1. The van der Waals surface area contributed by atoms with Gasteiger partial charge in [-0.25, -0.2) is 4.39 Å². The second-order valence-electron chi connectivity index (χ2n) is 13.9. The first-order chi connectivity index (χ1) is 22.6. The number of pyridine rings is 1. The number of aromatic nitrogens is 1. The van der Waals surface area contributed by atoms with E-state index in [1.165, 1.54) is 44.1 Å². The largest absolute Gasteiger partial charge is 0.466 e. The van der Waals surface area contributed by atoms with Crippen LogP contribution in [0, 0.1) is 24.1 Å². The van der Waals surface area contributed by atoms with E-state index in [2.05, 4.69) is 4.98 Å². The summed E-state index contributed by atoms with van der Waals surface area (Å²) in [5.74, 6) is -1.40. The number of anilines is 1. The van der Waals surface area contributed by atoms with Gasteiger partial charge in [-0.3, -0.25) is 14.6 Å². The molecule has 0 saturated heterocycles. The molecule has 1 aromatic heterocycles. The molecule has 0 bridgehead atoms. The highest BCUT2D eigenvalue weighted by Gasteiger charge is 2.42. The summed E-state index contributed by atoms with van der Waals surface area (Å²) >= 11 is 0. The number of rotatable bonds is 8. The van der Waals surface area contributed by atoms with Gasteiger partial charge in [0.2, 0.25) is 5.91 Å². The van der Waals surface area contributed by atoms with E-state index < -0.39 is 51.6 Å². The average Bonchev–Trinajstić information content (AvgIpc) is 3.03. The van der Waals surface area contributed by atoms with Gasteiger partial charge in [-0.15, -0.1) is 0 Å². The lowest BCUT2D eigenvalue weighted by Gasteiger charge is -2.37. The van der Waals surface area contributed by atoms with Gasteiger partial charge in [-0.1, -0.05) is 6.07 Å². The predicted molar refractivity (Wildman–Crippen MR) is 172 cm³/mol. The van der Waals surface area contributed by atoms with Crippen molar-refractivity contribution in [1.82, 2.24) is 4.98 Å². The number of esters is 1. The third-order valence-corrected chi connectivity index (χ3v) is 9.86. The molecule has 0 atom stereocenters. The first kappa shape index (κ1) is 37.9. The molecule has 1 amide bonds. The monoisotopic (exact) mass is 694 g/mol. The van der Waals surface area contributed by atoms with Crippen LogP contribution in [-0.2, 0) is 32.1 Å². The Morgan fingerprint density at radius 3 is 1.90 bits per heavy atom. The second-order valence-corrected chi connectivity index (χ2v) is 13.9. The summed E-state index contributed by atoms with van der Waals surface area (Å²) < 4.78 is 102. The molecule has 1 fully saturated rings. The van der Waals surface area contributed by atoms with Gasteiger partial charge in [0.05, 0.1) is 40.4 Å². The molecule has 5 nitrogen and oxygen atoms in total. The molecule has 0 unspecified atom stereocenters. The summed E-state index contributed by atoms with van der Waals surface area (Å²) in [6.07, 6.45) is -5.77. The summed E-state index contributed by atoms with van der Waals surface area (Å²) in [5.41, 5.74) is -3.41. The minimum Gasteiger partial charge on any atom is -0.466 e. The molecule has 1 saturated carbocycles. The van der Waals surface area contributed by atoms with Gasteiger partial charge in [0.15, 0.2) is 0 Å². The Hall–Kier alpha value is -3.96. The Morgan fingerprint density at radius 2 is 1.39 bits per heavy atom. The van der Waals surface area contributed by atoms with Crippen LogP contribution < -0.4 is 4.90 Å². The first-order valence-corrected chi connectivity index (χ1v) is 16.1. The number of halogens is 7. The number of hydrogen-bond donors (Lipinski definition) is 0. The lowest BCUT2D eigenvalue weighted by atomic mass is 9.68. The van der Waals surface area contributed by atoms with E-state index in [0.29, 0.717) is 41.1 Å². The van der Waals surface area contributed by atoms with Crippen molar-refractivity contribution in [3.63, 3.8) is 0 Å². The van der Waals surface area contributed by atoms with Crippen molar-refractivity contribution in [1.29, 1.82) is 0 Å². The summed E-state index contributed by atoms with van der Waals surface area (Å²) in [4.78, 5) is 32.5. The fourth-order valence-electron chi connectivity index (χ4n) is 6.66. The van der Waals surface area contributed by atoms with Gasteiger partial charge >= 0.3 is 18.3 Å². The van der Waals surface area contributed by atoms with Crippen LogP contribution in [0.1, 0.15) is 94.2 Å². The number of carbonyl (C=O) groups is 2. The Balaban J connectivity index is 1.74. The standard InChI is InChI=1S/C37H41F7N2O3/c1-8-49-33(48)35(5,6)23-11-9-22(10-12-23)30-19-29(28-14-13-27(38)15-21(28)2)31(20-45-30)46(7)32(47)34(3,4)24-16-25(36(39,40)41)18-26(17-24)37(42,43)44/h13-20,22-23H,8-12H2,1-7H3/t22-,23-. The fraction of sp³-hybridized carbons (Fsp3) is 0.486. The van der Waals surface area contributed by atoms with Gasteiger partial charge in [0.25, 0.3) is 0 Å². The van der Waals surface area contributed by atoms with E-state index in [9.17, 15) is 40.3 Å². The van der Waals surface area contributed by atoms with Crippen molar-refractivity contribution in [2.75, 3.05) is 18.6 Å². The Labute approximate surface area is 281 Å². The van der Waals surface area contributed by atoms with E-state index >= 15 is 0 Å². The molecule has 12 heteroatoms. The molecule has 266 valence electrons. The summed E-state index contributed by atoms with van der Waals surface area (Å²) in [7, 11) is 1.38. The lowest BCUT2D eigenvalue weighted by Crippen LogP contribution is -2.42. The number of carbonyl (C=O) groups excluding carboxylic acids is 2. The zero-order valence-electron chi connectivity index (χ0n) is 28.6. The van der Waals surface area contributed by atoms with Crippen LogP contribution in [0.25, 0.3) is 11.1 Å². The van der Waals surface area contributed by atoms with Crippen molar-refractivity contribution in [3.05, 3.63) is 82.4 Å². The molecule has 0 N–H and O–H groups in total. The van der Waals surface area contributed by atoms with Crippen LogP contribution in [0.5, 0.6) is 0 Å². The van der Waals surface area contributed by atoms with E-state index in [1.807, 2.05) is 13.8 Å². The number of ether oxygens (including phenoxy) is 1. The van der Waals surface area contributed by atoms with Crippen molar-refractivity contribution in [2.45, 2.75) is 90.9 Å². The Morgan fingerprint density at radius 1 is 0.837 bits per heavy atom. The number of amides is 1. The van der Waals surface area contributed by atoms with E-state index in [0.717, 1.165) is 25.7 Å². The SMILES string of the molecule is CCOC(=O)C(C)(C)[C@H]1CC[C@H](c2cc(-c3ccc(F)cc3C)c(N(C)C(=O)C(C)(C)c3cc(C(F)(F)F)cc(C(F)(F)F)c3)cn2)CC1. The number of likely N-dealkylation sites (N-methyl/N-ethyl adjacent to an activating group) is 1. The van der Waals surface area contributed by atoms with E-state index in [-0.39, 0.29) is 29.6 Å². The quantitative estimate of drug-likeness (QED) is 0.174. The van der Waals surface area contributed by atoms with Crippen molar-refractivity contribution in [3.8, 4) is 11.1 Å². The van der Waals surface area contributed by atoms with Crippen molar-refractivity contribution < 1.29 is 45.1 Å². The van der Waals surface area contributed by atoms with Crippen molar-refractivity contribution >= 4 is 17.6 Å². The smallest absolute Gasteiger partial charge is 0.416 e. The third kappa shape index (κ3) is 7.94. The molecule has 49 heavy (non-hydrogen) atoms.